The Morgan fingerprint density at radius 3 is 2.62 bits per heavy atom. The van der Waals surface area contributed by atoms with E-state index in [1.54, 1.807) is 30.3 Å². The van der Waals surface area contributed by atoms with Crippen molar-refractivity contribution in [1.82, 2.24) is 0 Å². The van der Waals surface area contributed by atoms with Gasteiger partial charge in [0.15, 0.2) is 0 Å². The lowest BCUT2D eigenvalue weighted by Crippen LogP contribution is -2.38. The quantitative estimate of drug-likeness (QED) is 0.469. The van der Waals surface area contributed by atoms with Gasteiger partial charge >= 0.3 is 5.97 Å². The molecular weight excluding hydrogens is 428 g/mol. The molecule has 3 aromatic rings. The number of rotatable bonds is 7. The lowest BCUT2D eigenvalue weighted by atomic mass is 9.82. The van der Waals surface area contributed by atoms with Crippen LogP contribution >= 0.6 is 0 Å². The Bertz CT molecular complexity index is 1300. The van der Waals surface area contributed by atoms with Gasteiger partial charge in [-0.25, -0.2) is 4.79 Å². The Morgan fingerprint density at radius 1 is 1.24 bits per heavy atom. The molecule has 1 fully saturated rings. The van der Waals surface area contributed by atoms with Gasteiger partial charge in [-0.1, -0.05) is 44.7 Å². The summed E-state index contributed by atoms with van der Waals surface area (Å²) >= 11 is 0. The smallest absolute Gasteiger partial charge is 0.337 e. The first kappa shape index (κ1) is 23.6. The number of fused-ring (bicyclic) bond motifs is 1. The van der Waals surface area contributed by atoms with Crippen LogP contribution in [0, 0.1) is 12.3 Å². The third kappa shape index (κ3) is 4.72. The van der Waals surface area contributed by atoms with Crippen molar-refractivity contribution in [2.75, 3.05) is 29.9 Å². The van der Waals surface area contributed by atoms with Gasteiger partial charge in [-0.05, 0) is 60.9 Å². The van der Waals surface area contributed by atoms with Crippen molar-refractivity contribution in [2.45, 2.75) is 40.0 Å². The lowest BCUT2D eigenvalue weighted by Gasteiger charge is -2.37. The molecule has 0 spiro atoms. The first-order valence-corrected chi connectivity index (χ1v) is 11.7. The standard InChI is InChI=1S/C28H32N2O4/c1-5-20-24(31)22-17-18(2)16-19(10-13-29-23-9-7-6-8-21(23)27(32)33)25(22)34-26(20)30-14-11-28(3,4)12-15-30/h5-9,16-17,29H,1,10-15H2,2-4H3,(H,32,33). The highest BCUT2D eigenvalue weighted by Crippen LogP contribution is 2.35. The number of hydrogen-bond acceptors (Lipinski definition) is 5. The predicted octanol–water partition coefficient (Wildman–Crippen LogP) is 5.72. The molecule has 178 valence electrons. The van der Waals surface area contributed by atoms with Crippen LogP contribution in [0.5, 0.6) is 0 Å². The molecular formula is C28H32N2O4. The average molecular weight is 461 g/mol. The monoisotopic (exact) mass is 460 g/mol. The molecule has 0 amide bonds. The first-order valence-electron chi connectivity index (χ1n) is 11.7. The van der Waals surface area contributed by atoms with Gasteiger partial charge in [0, 0.05) is 25.3 Å². The van der Waals surface area contributed by atoms with Gasteiger partial charge in [0.2, 0.25) is 11.3 Å². The summed E-state index contributed by atoms with van der Waals surface area (Å²) in [5.41, 5.74) is 4.01. The van der Waals surface area contributed by atoms with Gasteiger partial charge in [-0.2, -0.15) is 0 Å². The molecule has 2 N–H and O–H groups in total. The number of nitrogens with zero attached hydrogens (tertiary/aromatic N) is 1. The van der Waals surface area contributed by atoms with Crippen molar-refractivity contribution in [2.24, 2.45) is 5.41 Å². The summed E-state index contributed by atoms with van der Waals surface area (Å²) in [6, 6.07) is 10.7. The van der Waals surface area contributed by atoms with Crippen molar-refractivity contribution >= 4 is 34.6 Å². The van der Waals surface area contributed by atoms with Crippen molar-refractivity contribution in [3.8, 4) is 0 Å². The van der Waals surface area contributed by atoms with Gasteiger partial charge in [0.05, 0.1) is 16.5 Å². The molecule has 1 aliphatic heterocycles. The third-order valence-electron chi connectivity index (χ3n) is 6.70. The second-order valence-electron chi connectivity index (χ2n) is 9.83. The number of nitrogens with one attached hydrogen (secondary N) is 1. The van der Waals surface area contributed by atoms with E-state index in [1.807, 2.05) is 19.1 Å². The number of carbonyl (C=O) groups is 1. The third-order valence-corrected chi connectivity index (χ3v) is 6.70. The molecule has 0 saturated carbocycles. The van der Waals surface area contributed by atoms with Crippen LogP contribution in [0.15, 0.2) is 52.2 Å². The Labute approximate surface area is 199 Å². The average Bonchev–Trinajstić information content (AvgIpc) is 2.79. The van der Waals surface area contributed by atoms with E-state index in [9.17, 15) is 14.7 Å². The lowest BCUT2D eigenvalue weighted by molar-refractivity contribution is 0.0698. The fraction of sp³-hybridized carbons (Fsp3) is 0.357. The minimum Gasteiger partial charge on any atom is -0.478 e. The normalized spacial score (nSPS) is 15.3. The fourth-order valence-corrected chi connectivity index (χ4v) is 4.60. The van der Waals surface area contributed by atoms with E-state index >= 15 is 0 Å². The van der Waals surface area contributed by atoms with Crippen LogP contribution in [-0.2, 0) is 6.42 Å². The Hall–Kier alpha value is -3.54. The zero-order chi connectivity index (χ0) is 24.5. The minimum atomic E-state index is -0.971. The molecule has 6 heteroatoms. The number of anilines is 2. The zero-order valence-electron chi connectivity index (χ0n) is 20.1. The van der Waals surface area contributed by atoms with Crippen LogP contribution < -0.4 is 15.6 Å². The summed E-state index contributed by atoms with van der Waals surface area (Å²) in [4.78, 5) is 27.1. The van der Waals surface area contributed by atoms with Crippen LogP contribution in [0.25, 0.3) is 17.0 Å². The van der Waals surface area contributed by atoms with Gasteiger partial charge < -0.3 is 19.7 Å². The Kier molecular flexibility index (Phi) is 6.51. The number of piperidine rings is 1. The molecule has 0 radical (unpaired) electrons. The molecule has 0 atom stereocenters. The maximum absolute atomic E-state index is 13.4. The summed E-state index contributed by atoms with van der Waals surface area (Å²) < 4.78 is 6.46. The molecule has 1 saturated heterocycles. The van der Waals surface area contributed by atoms with E-state index in [1.165, 1.54) is 0 Å². The van der Waals surface area contributed by atoms with Gasteiger partial charge in [0.1, 0.15) is 5.58 Å². The van der Waals surface area contributed by atoms with Gasteiger partial charge in [-0.3, -0.25) is 4.79 Å². The van der Waals surface area contributed by atoms with Crippen LogP contribution in [0.4, 0.5) is 11.6 Å². The second kappa shape index (κ2) is 9.37. The Morgan fingerprint density at radius 2 is 1.94 bits per heavy atom. The topological polar surface area (TPSA) is 82.8 Å². The van der Waals surface area contributed by atoms with Gasteiger partial charge in [0.25, 0.3) is 0 Å². The molecule has 4 rings (SSSR count). The van der Waals surface area contributed by atoms with E-state index < -0.39 is 5.97 Å². The number of benzene rings is 2. The highest BCUT2D eigenvalue weighted by molar-refractivity contribution is 5.94. The highest BCUT2D eigenvalue weighted by atomic mass is 16.4. The van der Waals surface area contributed by atoms with Crippen LogP contribution in [0.1, 0.15) is 53.7 Å². The van der Waals surface area contributed by atoms with Crippen molar-refractivity contribution in [3.05, 3.63) is 75.5 Å². The van der Waals surface area contributed by atoms with E-state index in [2.05, 4.69) is 30.6 Å². The fourth-order valence-electron chi connectivity index (χ4n) is 4.60. The second-order valence-corrected chi connectivity index (χ2v) is 9.83. The van der Waals surface area contributed by atoms with E-state index in [0.717, 1.165) is 37.1 Å². The number of aryl methyl sites for hydroxylation is 1. The SMILES string of the molecule is C=Cc1c(N2CCC(C)(C)CC2)oc2c(CCNc3ccccc3C(=O)O)cc(C)cc2c1=O. The Balaban J connectivity index is 1.69. The summed E-state index contributed by atoms with van der Waals surface area (Å²) in [5, 5.41) is 13.2. The van der Waals surface area contributed by atoms with E-state index in [4.69, 9.17) is 4.42 Å². The molecule has 2 aromatic carbocycles. The van der Waals surface area contributed by atoms with Gasteiger partial charge in [-0.15, -0.1) is 0 Å². The minimum absolute atomic E-state index is 0.0646. The molecule has 1 aliphatic rings. The van der Waals surface area contributed by atoms with E-state index in [0.29, 0.717) is 41.1 Å². The van der Waals surface area contributed by atoms with Crippen LogP contribution in [0.2, 0.25) is 0 Å². The number of hydrogen-bond donors (Lipinski definition) is 2. The molecule has 2 heterocycles. The summed E-state index contributed by atoms with van der Waals surface area (Å²) in [5.74, 6) is -0.376. The maximum atomic E-state index is 13.4. The largest absolute Gasteiger partial charge is 0.478 e. The van der Waals surface area contributed by atoms with E-state index in [-0.39, 0.29) is 16.4 Å². The predicted molar refractivity (Wildman–Crippen MR) is 138 cm³/mol. The number of aromatic carboxylic acids is 1. The molecule has 1 aromatic heterocycles. The molecule has 0 unspecified atom stereocenters. The molecule has 34 heavy (non-hydrogen) atoms. The van der Waals surface area contributed by atoms with Crippen molar-refractivity contribution in [3.63, 3.8) is 0 Å². The zero-order valence-corrected chi connectivity index (χ0v) is 20.1. The van der Waals surface area contributed by atoms with Crippen molar-refractivity contribution in [1.29, 1.82) is 0 Å². The summed E-state index contributed by atoms with van der Waals surface area (Å²) in [6.45, 7) is 12.6. The molecule has 6 nitrogen and oxygen atoms in total. The number of carboxylic acid groups (broad SMARTS) is 1. The first-order chi connectivity index (χ1) is 16.2. The van der Waals surface area contributed by atoms with Crippen LogP contribution in [0.3, 0.4) is 0 Å². The van der Waals surface area contributed by atoms with Crippen molar-refractivity contribution < 1.29 is 14.3 Å². The van der Waals surface area contributed by atoms with Crippen LogP contribution in [-0.4, -0.2) is 30.7 Å². The summed E-state index contributed by atoms with van der Waals surface area (Å²) in [7, 11) is 0. The molecule has 0 bridgehead atoms. The highest BCUT2D eigenvalue weighted by Gasteiger charge is 2.28. The molecule has 0 aliphatic carbocycles. The number of para-hydroxylation sites is 1. The maximum Gasteiger partial charge on any atom is 0.337 e. The summed E-state index contributed by atoms with van der Waals surface area (Å²) in [6.07, 6.45) is 4.24. The number of carboxylic acids is 1.